The number of benzene rings is 4. The van der Waals surface area contributed by atoms with Crippen molar-refractivity contribution >= 4 is 44.8 Å². The predicted molar refractivity (Wildman–Crippen MR) is 159 cm³/mol. The van der Waals surface area contributed by atoms with E-state index in [2.05, 4.69) is 10.6 Å². The lowest BCUT2D eigenvalue weighted by Crippen LogP contribution is -2.38. The number of halogens is 1. The summed E-state index contributed by atoms with van der Waals surface area (Å²) in [4.78, 5) is 26.5. The van der Waals surface area contributed by atoms with Crippen LogP contribution in [0.25, 0.3) is 0 Å². The van der Waals surface area contributed by atoms with Crippen molar-refractivity contribution in [3.8, 4) is 0 Å². The molecule has 0 unspecified atom stereocenters. The van der Waals surface area contributed by atoms with Crippen LogP contribution in [0.3, 0.4) is 0 Å². The summed E-state index contributed by atoms with van der Waals surface area (Å²) >= 11 is 5.97. The van der Waals surface area contributed by atoms with E-state index in [1.807, 2.05) is 51.1 Å². The predicted octanol–water partition coefficient (Wildman–Crippen LogP) is 6.28. The lowest BCUT2D eigenvalue weighted by Gasteiger charge is -2.25. The Labute approximate surface area is 239 Å². The van der Waals surface area contributed by atoms with E-state index >= 15 is 0 Å². The van der Waals surface area contributed by atoms with Gasteiger partial charge in [-0.3, -0.25) is 13.9 Å². The number of nitrogens with one attached hydrogen (secondary N) is 2. The third kappa shape index (κ3) is 6.70. The molecule has 0 fully saturated rings. The quantitative estimate of drug-likeness (QED) is 0.245. The van der Waals surface area contributed by atoms with Gasteiger partial charge in [0.1, 0.15) is 6.54 Å². The van der Waals surface area contributed by atoms with E-state index in [0.29, 0.717) is 10.7 Å². The first-order valence-corrected chi connectivity index (χ1v) is 14.5. The zero-order chi connectivity index (χ0) is 28.9. The molecule has 4 aromatic carbocycles. The Bertz CT molecular complexity index is 1620. The summed E-state index contributed by atoms with van der Waals surface area (Å²) in [6.07, 6.45) is 0. The van der Waals surface area contributed by atoms with Gasteiger partial charge in [-0.2, -0.15) is 0 Å². The summed E-state index contributed by atoms with van der Waals surface area (Å²) in [7, 11) is -4.13. The Balaban J connectivity index is 1.60. The van der Waals surface area contributed by atoms with Crippen LogP contribution in [0.15, 0.2) is 102 Å². The molecule has 0 aliphatic rings. The molecule has 2 N–H and O–H groups in total. The third-order valence-corrected chi connectivity index (χ3v) is 8.60. The van der Waals surface area contributed by atoms with Gasteiger partial charge in [-0.25, -0.2) is 8.42 Å². The largest absolute Gasteiger partial charge is 0.345 e. The molecule has 40 heavy (non-hydrogen) atoms. The van der Waals surface area contributed by atoms with E-state index < -0.39 is 22.5 Å². The van der Waals surface area contributed by atoms with Gasteiger partial charge < -0.3 is 10.6 Å². The van der Waals surface area contributed by atoms with Crippen LogP contribution in [-0.4, -0.2) is 26.8 Å². The van der Waals surface area contributed by atoms with Crippen LogP contribution in [0.4, 0.5) is 11.4 Å². The van der Waals surface area contributed by atoms with E-state index in [1.165, 1.54) is 24.3 Å². The summed E-state index contributed by atoms with van der Waals surface area (Å²) in [5.74, 6) is -0.973. The van der Waals surface area contributed by atoms with Gasteiger partial charge in [0.25, 0.3) is 15.9 Å². The van der Waals surface area contributed by atoms with Gasteiger partial charge in [-0.1, -0.05) is 60.1 Å². The summed E-state index contributed by atoms with van der Waals surface area (Å²) in [6, 6.07) is 26.8. The van der Waals surface area contributed by atoms with Crippen LogP contribution in [0.1, 0.15) is 40.0 Å². The van der Waals surface area contributed by atoms with Crippen molar-refractivity contribution in [2.45, 2.75) is 31.7 Å². The minimum absolute atomic E-state index is 0.00222. The Kier molecular flexibility index (Phi) is 8.92. The van der Waals surface area contributed by atoms with Crippen LogP contribution in [0.5, 0.6) is 0 Å². The minimum Gasteiger partial charge on any atom is -0.345 e. The second kappa shape index (κ2) is 12.4. The molecule has 0 saturated carbocycles. The number of sulfonamides is 1. The number of nitrogens with zero attached hydrogens (tertiary/aromatic N) is 1. The number of anilines is 2. The molecule has 0 aliphatic carbocycles. The van der Waals surface area contributed by atoms with Crippen molar-refractivity contribution in [1.29, 1.82) is 0 Å². The zero-order valence-corrected chi connectivity index (χ0v) is 24.0. The van der Waals surface area contributed by atoms with Gasteiger partial charge in [0.2, 0.25) is 5.91 Å². The number of hydrogen-bond acceptors (Lipinski definition) is 4. The first kappa shape index (κ1) is 28.9. The smallest absolute Gasteiger partial charge is 0.264 e. The fourth-order valence-corrected chi connectivity index (χ4v) is 5.68. The molecular formula is C31H30ClN3O4S. The summed E-state index contributed by atoms with van der Waals surface area (Å²) in [6.45, 7) is 5.16. The van der Waals surface area contributed by atoms with E-state index in [4.69, 9.17) is 11.6 Å². The van der Waals surface area contributed by atoms with Crippen molar-refractivity contribution in [3.05, 3.63) is 124 Å². The highest BCUT2D eigenvalue weighted by Crippen LogP contribution is 2.27. The molecule has 4 rings (SSSR count). The third-order valence-electron chi connectivity index (χ3n) is 6.56. The van der Waals surface area contributed by atoms with Crippen molar-refractivity contribution in [2.24, 2.45) is 0 Å². The molecule has 0 saturated heterocycles. The molecule has 0 heterocycles. The molecule has 206 valence electrons. The first-order valence-electron chi connectivity index (χ1n) is 12.7. The van der Waals surface area contributed by atoms with Crippen molar-refractivity contribution in [2.75, 3.05) is 16.2 Å². The molecular weight excluding hydrogens is 546 g/mol. The fourth-order valence-electron chi connectivity index (χ4n) is 4.14. The second-order valence-electron chi connectivity index (χ2n) is 9.43. The molecule has 2 amide bonds. The summed E-state index contributed by atoms with van der Waals surface area (Å²) in [5, 5.41) is 6.08. The Morgan fingerprint density at radius 1 is 0.850 bits per heavy atom. The standard InChI is InChI=1S/C31H30ClN3O4S/c1-21-13-16-26(19-22(21)2)35(40(38,39)27-17-14-25(32)15-18-27)20-30(36)34-29-12-8-7-11-28(29)31(37)33-23(3)24-9-5-4-6-10-24/h4-19,23H,20H2,1-3H3,(H,33,37)(H,34,36)/t23-/m0/s1. The average Bonchev–Trinajstić information content (AvgIpc) is 2.94. The Morgan fingerprint density at radius 3 is 2.17 bits per heavy atom. The van der Waals surface area contributed by atoms with E-state index in [0.717, 1.165) is 21.0 Å². The van der Waals surface area contributed by atoms with Crippen LogP contribution in [-0.2, 0) is 14.8 Å². The highest BCUT2D eigenvalue weighted by atomic mass is 35.5. The molecule has 0 radical (unpaired) electrons. The Hall–Kier alpha value is -4.14. The van der Waals surface area contributed by atoms with Gasteiger partial charge >= 0.3 is 0 Å². The van der Waals surface area contributed by atoms with Gasteiger partial charge in [0, 0.05) is 5.02 Å². The van der Waals surface area contributed by atoms with E-state index in [9.17, 15) is 18.0 Å². The summed E-state index contributed by atoms with van der Waals surface area (Å²) < 4.78 is 28.5. The van der Waals surface area contributed by atoms with Crippen molar-refractivity contribution in [3.63, 3.8) is 0 Å². The Morgan fingerprint density at radius 2 is 1.50 bits per heavy atom. The highest BCUT2D eigenvalue weighted by molar-refractivity contribution is 7.92. The molecule has 1 atom stereocenters. The molecule has 9 heteroatoms. The van der Waals surface area contributed by atoms with E-state index in [1.54, 1.807) is 42.5 Å². The van der Waals surface area contributed by atoms with Crippen molar-refractivity contribution < 1.29 is 18.0 Å². The molecule has 4 aromatic rings. The summed E-state index contributed by atoms with van der Waals surface area (Å²) in [5.41, 5.74) is 3.68. The van der Waals surface area contributed by atoms with Crippen LogP contribution in [0, 0.1) is 13.8 Å². The number of carbonyl (C=O) groups excluding carboxylic acids is 2. The lowest BCUT2D eigenvalue weighted by molar-refractivity contribution is -0.114. The number of carbonyl (C=O) groups is 2. The highest BCUT2D eigenvalue weighted by Gasteiger charge is 2.28. The fraction of sp³-hybridized carbons (Fsp3) is 0.161. The number of para-hydroxylation sites is 1. The van der Waals surface area contributed by atoms with Crippen LogP contribution < -0.4 is 14.9 Å². The number of rotatable bonds is 9. The van der Waals surface area contributed by atoms with Crippen LogP contribution in [0.2, 0.25) is 5.02 Å². The maximum atomic E-state index is 13.7. The number of amides is 2. The molecule has 7 nitrogen and oxygen atoms in total. The average molecular weight is 576 g/mol. The molecule has 0 aliphatic heterocycles. The van der Waals surface area contributed by atoms with Gasteiger partial charge in [0.15, 0.2) is 0 Å². The zero-order valence-electron chi connectivity index (χ0n) is 22.4. The normalized spacial score (nSPS) is 11.9. The van der Waals surface area contributed by atoms with Gasteiger partial charge in [0.05, 0.1) is 27.9 Å². The first-order chi connectivity index (χ1) is 19.1. The van der Waals surface area contributed by atoms with E-state index in [-0.39, 0.29) is 28.1 Å². The maximum absolute atomic E-state index is 13.7. The number of hydrogen-bond donors (Lipinski definition) is 2. The molecule has 0 aromatic heterocycles. The SMILES string of the molecule is Cc1ccc(N(CC(=O)Nc2ccccc2C(=O)N[C@@H](C)c2ccccc2)S(=O)(=O)c2ccc(Cl)cc2)cc1C. The molecule has 0 spiro atoms. The van der Waals surface area contributed by atoms with Crippen LogP contribution >= 0.6 is 11.6 Å². The second-order valence-corrected chi connectivity index (χ2v) is 11.7. The molecule has 0 bridgehead atoms. The maximum Gasteiger partial charge on any atom is 0.264 e. The lowest BCUT2D eigenvalue weighted by atomic mass is 10.1. The van der Waals surface area contributed by atoms with Gasteiger partial charge in [-0.15, -0.1) is 0 Å². The monoisotopic (exact) mass is 575 g/mol. The topological polar surface area (TPSA) is 95.6 Å². The van der Waals surface area contributed by atoms with Crippen molar-refractivity contribution in [1.82, 2.24) is 5.32 Å². The minimum atomic E-state index is -4.13. The number of aryl methyl sites for hydroxylation is 2. The van der Waals surface area contributed by atoms with Gasteiger partial charge in [-0.05, 0) is 86.0 Å².